The molecule has 0 radical (unpaired) electrons. The lowest BCUT2D eigenvalue weighted by atomic mass is 10.1. The first-order valence-corrected chi connectivity index (χ1v) is 11.8. The lowest BCUT2D eigenvalue weighted by Crippen LogP contribution is -2.13. The first kappa shape index (κ1) is 21.5. The van der Waals surface area contributed by atoms with Gasteiger partial charge >= 0.3 is 0 Å². The smallest absolute Gasteiger partial charge is 0.255 e. The van der Waals surface area contributed by atoms with E-state index in [9.17, 15) is 13.2 Å². The first-order valence-electron chi connectivity index (χ1n) is 10.2. The summed E-state index contributed by atoms with van der Waals surface area (Å²) in [6.07, 6.45) is 3.69. The van der Waals surface area contributed by atoms with Gasteiger partial charge in [0.15, 0.2) is 9.84 Å². The number of aryl methyl sites for hydroxylation is 1. The normalized spacial score (nSPS) is 11.3. The first-order chi connectivity index (χ1) is 15.4. The van der Waals surface area contributed by atoms with Crippen LogP contribution in [0.1, 0.15) is 27.3 Å². The quantitative estimate of drug-likeness (QED) is 0.455. The Bertz CT molecular complexity index is 1330. The highest BCUT2D eigenvalue weighted by atomic mass is 32.2. The Labute approximate surface area is 187 Å². The number of nitrogens with zero attached hydrogens (tertiary/aromatic N) is 2. The molecule has 1 N–H and O–H groups in total. The molecule has 1 aromatic heterocycles. The largest absolute Gasteiger partial charge is 0.331 e. The summed E-state index contributed by atoms with van der Waals surface area (Å²) in [6.45, 7) is 2.66. The molecule has 0 spiro atoms. The molecule has 6 nitrogen and oxygen atoms in total. The van der Waals surface area contributed by atoms with Crippen LogP contribution in [0.25, 0.3) is 0 Å². The molecule has 32 heavy (non-hydrogen) atoms. The lowest BCUT2D eigenvalue weighted by Gasteiger charge is -2.09. The van der Waals surface area contributed by atoms with Crippen LogP contribution in [-0.2, 0) is 22.1 Å². The summed E-state index contributed by atoms with van der Waals surface area (Å²) >= 11 is 0. The number of rotatable bonds is 7. The zero-order valence-corrected chi connectivity index (χ0v) is 18.4. The van der Waals surface area contributed by atoms with Crippen LogP contribution in [0.4, 0.5) is 5.69 Å². The van der Waals surface area contributed by atoms with Crippen LogP contribution in [0.2, 0.25) is 0 Å². The number of anilines is 1. The highest BCUT2D eigenvalue weighted by Gasteiger charge is 2.16. The summed E-state index contributed by atoms with van der Waals surface area (Å²) in [4.78, 5) is 17.2. The van der Waals surface area contributed by atoms with Gasteiger partial charge in [0.25, 0.3) is 5.91 Å². The van der Waals surface area contributed by atoms with Crippen LogP contribution in [0.3, 0.4) is 0 Å². The maximum Gasteiger partial charge on any atom is 0.255 e. The second-order valence-electron chi connectivity index (χ2n) is 7.53. The minimum absolute atomic E-state index is 0.166. The Balaban J connectivity index is 1.43. The van der Waals surface area contributed by atoms with Gasteiger partial charge in [-0.25, -0.2) is 13.4 Å². The maximum absolute atomic E-state index is 12.7. The van der Waals surface area contributed by atoms with Gasteiger partial charge in [-0.05, 0) is 54.4 Å². The maximum atomic E-state index is 12.7. The van der Waals surface area contributed by atoms with E-state index in [1.54, 1.807) is 60.8 Å². The molecule has 3 aromatic carbocycles. The second-order valence-corrected chi connectivity index (χ2v) is 9.52. The Hall–Kier alpha value is -3.71. The third-order valence-electron chi connectivity index (χ3n) is 5.14. The van der Waals surface area contributed by atoms with Crippen molar-refractivity contribution in [2.24, 2.45) is 0 Å². The number of aromatic nitrogens is 2. The average Bonchev–Trinajstić information content (AvgIpc) is 3.20. The molecular formula is C25H23N3O3S. The topological polar surface area (TPSA) is 81.1 Å². The third-order valence-corrected chi connectivity index (χ3v) is 6.84. The molecule has 0 aliphatic carbocycles. The zero-order chi connectivity index (χ0) is 22.6. The predicted octanol–water partition coefficient (Wildman–Crippen LogP) is 4.47. The van der Waals surface area contributed by atoms with E-state index in [1.165, 1.54) is 0 Å². The fourth-order valence-electron chi connectivity index (χ4n) is 3.40. The van der Waals surface area contributed by atoms with Crippen molar-refractivity contribution in [3.63, 3.8) is 0 Å². The van der Waals surface area contributed by atoms with Crippen LogP contribution in [-0.4, -0.2) is 23.9 Å². The van der Waals surface area contributed by atoms with Gasteiger partial charge in [-0.3, -0.25) is 4.79 Å². The van der Waals surface area contributed by atoms with Crippen LogP contribution < -0.4 is 5.32 Å². The molecular weight excluding hydrogens is 422 g/mol. The molecule has 0 fully saturated rings. The summed E-state index contributed by atoms with van der Waals surface area (Å²) < 4.78 is 27.3. The molecule has 0 saturated carbocycles. The molecule has 0 bridgehead atoms. The number of carbonyl (C=O) groups is 1. The number of benzene rings is 3. The van der Waals surface area contributed by atoms with Crippen LogP contribution >= 0.6 is 0 Å². The van der Waals surface area contributed by atoms with Crippen molar-refractivity contribution in [1.29, 1.82) is 0 Å². The van der Waals surface area contributed by atoms with Crippen molar-refractivity contribution in [2.45, 2.75) is 24.1 Å². The van der Waals surface area contributed by atoms with Gasteiger partial charge in [-0.2, -0.15) is 0 Å². The highest BCUT2D eigenvalue weighted by molar-refractivity contribution is 7.90. The molecule has 0 aliphatic heterocycles. The van der Waals surface area contributed by atoms with Crippen LogP contribution in [0, 0.1) is 6.92 Å². The van der Waals surface area contributed by atoms with E-state index in [2.05, 4.69) is 10.3 Å². The number of nitrogens with one attached hydrogen (secondary N) is 1. The number of sulfone groups is 1. The molecule has 0 unspecified atom stereocenters. The van der Waals surface area contributed by atoms with Gasteiger partial charge in [-0.15, -0.1) is 0 Å². The lowest BCUT2D eigenvalue weighted by molar-refractivity contribution is 0.102. The van der Waals surface area contributed by atoms with Crippen LogP contribution in [0.5, 0.6) is 0 Å². The van der Waals surface area contributed by atoms with Crippen molar-refractivity contribution in [3.05, 3.63) is 114 Å². The summed E-state index contributed by atoms with van der Waals surface area (Å²) in [5.74, 6) is 0.485. The Morgan fingerprint density at radius 2 is 1.69 bits per heavy atom. The molecule has 7 heteroatoms. The number of imidazole rings is 1. The van der Waals surface area contributed by atoms with Gasteiger partial charge in [0.05, 0.1) is 10.6 Å². The van der Waals surface area contributed by atoms with E-state index in [0.717, 1.165) is 11.4 Å². The molecule has 1 amide bonds. The molecule has 4 rings (SSSR count). The minimum atomic E-state index is -3.48. The second kappa shape index (κ2) is 9.20. The van der Waals surface area contributed by atoms with Crippen LogP contribution in [0.15, 0.2) is 96.2 Å². The third kappa shape index (κ3) is 5.12. The average molecular weight is 446 g/mol. The number of amides is 1. The molecule has 1 heterocycles. The standard InChI is InChI=1S/C25H23N3O3S/c1-19-26-14-15-28(19)17-20-10-12-23(13-11-20)27-25(29)22-7-5-6-21(16-22)18-32(30,31)24-8-3-2-4-9-24/h2-16H,17-18H2,1H3,(H,27,29). The summed E-state index contributed by atoms with van der Waals surface area (Å²) in [7, 11) is -3.48. The van der Waals surface area contributed by atoms with E-state index in [-0.39, 0.29) is 16.6 Å². The Morgan fingerprint density at radius 1 is 0.938 bits per heavy atom. The molecule has 0 saturated heterocycles. The number of hydrogen-bond donors (Lipinski definition) is 1. The molecule has 0 aliphatic rings. The van der Waals surface area contributed by atoms with Gasteiger partial charge < -0.3 is 9.88 Å². The fourth-order valence-corrected chi connectivity index (χ4v) is 4.75. The van der Waals surface area contributed by atoms with E-state index >= 15 is 0 Å². The minimum Gasteiger partial charge on any atom is -0.331 e. The van der Waals surface area contributed by atoms with E-state index in [4.69, 9.17) is 0 Å². The van der Waals surface area contributed by atoms with E-state index in [1.807, 2.05) is 42.0 Å². The van der Waals surface area contributed by atoms with E-state index < -0.39 is 9.84 Å². The zero-order valence-electron chi connectivity index (χ0n) is 17.6. The van der Waals surface area contributed by atoms with Crippen molar-refractivity contribution in [3.8, 4) is 0 Å². The van der Waals surface area contributed by atoms with Gasteiger partial charge in [0.2, 0.25) is 0 Å². The molecule has 162 valence electrons. The van der Waals surface area contributed by atoms with Crippen molar-refractivity contribution >= 4 is 21.4 Å². The summed E-state index contributed by atoms with van der Waals surface area (Å²) in [5, 5.41) is 2.87. The summed E-state index contributed by atoms with van der Waals surface area (Å²) in [6, 6.07) is 22.6. The van der Waals surface area contributed by atoms with E-state index in [0.29, 0.717) is 23.4 Å². The molecule has 0 atom stereocenters. The van der Waals surface area contributed by atoms with Crippen molar-refractivity contribution < 1.29 is 13.2 Å². The molecule has 4 aromatic rings. The van der Waals surface area contributed by atoms with Crippen molar-refractivity contribution in [2.75, 3.05) is 5.32 Å². The van der Waals surface area contributed by atoms with Crippen molar-refractivity contribution in [1.82, 2.24) is 9.55 Å². The predicted molar refractivity (Wildman–Crippen MR) is 124 cm³/mol. The monoisotopic (exact) mass is 445 g/mol. The Morgan fingerprint density at radius 3 is 2.38 bits per heavy atom. The van der Waals surface area contributed by atoms with Gasteiger partial charge in [0, 0.05) is 30.2 Å². The fraction of sp³-hybridized carbons (Fsp3) is 0.120. The number of carbonyl (C=O) groups excluding carboxylic acids is 1. The summed E-state index contributed by atoms with van der Waals surface area (Å²) in [5.41, 5.74) is 2.73. The van der Waals surface area contributed by atoms with Gasteiger partial charge in [0.1, 0.15) is 5.82 Å². The SMILES string of the molecule is Cc1nccn1Cc1ccc(NC(=O)c2cccc(CS(=O)(=O)c3ccccc3)c2)cc1. The number of hydrogen-bond acceptors (Lipinski definition) is 4. The van der Waals surface area contributed by atoms with Gasteiger partial charge in [-0.1, -0.05) is 42.5 Å². The Kier molecular flexibility index (Phi) is 6.18. The highest BCUT2D eigenvalue weighted by Crippen LogP contribution is 2.18.